The number of hydrogen-bond donors (Lipinski definition) is 1. The van der Waals surface area contributed by atoms with Crippen LogP contribution in [-0.4, -0.2) is 50.8 Å². The van der Waals surface area contributed by atoms with Crippen LogP contribution < -0.4 is 15.7 Å². The average molecular weight is 428 g/mol. The van der Waals surface area contributed by atoms with Gasteiger partial charge in [-0.05, 0) is 56.9 Å². The molecule has 1 N–H and O–H groups in total. The summed E-state index contributed by atoms with van der Waals surface area (Å²) in [5.74, 6) is 1.70. The van der Waals surface area contributed by atoms with E-state index in [1.807, 2.05) is 11.8 Å². The van der Waals surface area contributed by atoms with Crippen molar-refractivity contribution in [3.63, 3.8) is 0 Å². The Hall–Kier alpha value is -3.10. The zero-order valence-corrected chi connectivity index (χ0v) is 18.0. The number of nitrogens with zero attached hydrogens (tertiary/aromatic N) is 4. The number of anilines is 1. The predicted molar refractivity (Wildman–Crippen MR) is 115 cm³/mol. The number of likely N-dealkylation sites (tertiary alicyclic amines) is 1. The summed E-state index contributed by atoms with van der Waals surface area (Å²) in [6, 6.07) is 7.08. The van der Waals surface area contributed by atoms with Crippen LogP contribution in [0.25, 0.3) is 0 Å². The second-order valence-corrected chi connectivity index (χ2v) is 8.24. The Morgan fingerprint density at radius 1 is 1.13 bits per heavy atom. The Labute approximate surface area is 181 Å². The maximum Gasteiger partial charge on any atom is 0.346 e. The minimum Gasteiger partial charge on any atom is -0.494 e. The molecule has 0 radical (unpaired) electrons. The molecule has 0 spiro atoms. The number of carbonyl (C=O) groups is 2. The van der Waals surface area contributed by atoms with Gasteiger partial charge in [0, 0.05) is 37.7 Å². The van der Waals surface area contributed by atoms with Crippen LogP contribution in [0.3, 0.4) is 0 Å². The van der Waals surface area contributed by atoms with Crippen molar-refractivity contribution in [3.05, 3.63) is 40.6 Å². The number of nitrogens with one attached hydrogen (secondary N) is 1. The minimum atomic E-state index is -0.319. The quantitative estimate of drug-likeness (QED) is 0.726. The highest BCUT2D eigenvalue weighted by Gasteiger charge is 2.36. The molecule has 2 amide bonds. The summed E-state index contributed by atoms with van der Waals surface area (Å²) < 4.78 is 8.12. The molecule has 9 nitrogen and oxygen atoms in total. The van der Waals surface area contributed by atoms with Crippen molar-refractivity contribution in [1.29, 1.82) is 0 Å². The van der Waals surface area contributed by atoms with Crippen LogP contribution in [0.4, 0.5) is 5.69 Å². The van der Waals surface area contributed by atoms with Crippen molar-refractivity contribution >= 4 is 17.5 Å². The number of benzene rings is 1. The van der Waals surface area contributed by atoms with E-state index in [4.69, 9.17) is 4.74 Å². The lowest BCUT2D eigenvalue weighted by Gasteiger charge is -2.31. The largest absolute Gasteiger partial charge is 0.494 e. The normalized spacial score (nSPS) is 16.9. The van der Waals surface area contributed by atoms with Crippen molar-refractivity contribution in [3.8, 4) is 5.75 Å². The summed E-state index contributed by atoms with van der Waals surface area (Å²) in [6.45, 7) is 3.72. The molecule has 1 saturated carbocycles. The highest BCUT2D eigenvalue weighted by atomic mass is 16.5. The van der Waals surface area contributed by atoms with Gasteiger partial charge >= 0.3 is 5.69 Å². The standard InChI is InChI=1S/C22H29N5O4/c1-3-31-18-8-6-17(7-9-18)23-19(28)14-27-22(30)25(2)20(24-27)15-10-12-26(13-11-15)21(29)16-4-5-16/h6-9,15-16H,3-5,10-14H2,1-2H3,(H,23,28). The molecule has 1 aliphatic carbocycles. The van der Waals surface area contributed by atoms with E-state index in [0.29, 0.717) is 31.2 Å². The molecule has 4 rings (SSSR count). The van der Waals surface area contributed by atoms with Crippen molar-refractivity contribution < 1.29 is 14.3 Å². The van der Waals surface area contributed by atoms with Gasteiger partial charge in [0.1, 0.15) is 18.1 Å². The van der Waals surface area contributed by atoms with Crippen molar-refractivity contribution in [2.75, 3.05) is 25.0 Å². The number of hydrogen-bond acceptors (Lipinski definition) is 5. The molecule has 0 bridgehead atoms. The molecule has 2 fully saturated rings. The van der Waals surface area contributed by atoms with Gasteiger partial charge in [-0.3, -0.25) is 14.2 Å². The maximum atomic E-state index is 12.6. The third kappa shape index (κ3) is 4.81. The van der Waals surface area contributed by atoms with Gasteiger partial charge < -0.3 is 15.0 Å². The summed E-state index contributed by atoms with van der Waals surface area (Å²) in [5, 5.41) is 7.24. The molecule has 2 aromatic rings. The molecule has 2 heterocycles. The Morgan fingerprint density at radius 2 is 1.81 bits per heavy atom. The number of rotatable bonds is 7. The van der Waals surface area contributed by atoms with Gasteiger partial charge in [0.15, 0.2) is 0 Å². The van der Waals surface area contributed by atoms with Gasteiger partial charge in [-0.2, -0.15) is 5.10 Å². The van der Waals surface area contributed by atoms with Gasteiger partial charge in [0.25, 0.3) is 0 Å². The molecule has 31 heavy (non-hydrogen) atoms. The number of ether oxygens (including phenoxy) is 1. The molecule has 166 valence electrons. The average Bonchev–Trinajstić information content (AvgIpc) is 3.58. The lowest BCUT2D eigenvalue weighted by molar-refractivity contribution is -0.133. The van der Waals surface area contributed by atoms with Crippen LogP contribution in [-0.2, 0) is 23.2 Å². The van der Waals surface area contributed by atoms with E-state index >= 15 is 0 Å². The fourth-order valence-corrected chi connectivity index (χ4v) is 4.05. The molecule has 1 aromatic carbocycles. The van der Waals surface area contributed by atoms with Crippen molar-refractivity contribution in [2.45, 2.75) is 45.1 Å². The van der Waals surface area contributed by atoms with Crippen LogP contribution in [0, 0.1) is 5.92 Å². The summed E-state index contributed by atoms with van der Waals surface area (Å²) in [6.07, 6.45) is 3.58. The summed E-state index contributed by atoms with van der Waals surface area (Å²) >= 11 is 0. The highest BCUT2D eigenvalue weighted by Crippen LogP contribution is 2.33. The smallest absolute Gasteiger partial charge is 0.346 e. The Morgan fingerprint density at radius 3 is 2.42 bits per heavy atom. The summed E-state index contributed by atoms with van der Waals surface area (Å²) in [4.78, 5) is 39.2. The van der Waals surface area contributed by atoms with Crippen LogP contribution >= 0.6 is 0 Å². The zero-order chi connectivity index (χ0) is 22.0. The van der Waals surface area contributed by atoms with E-state index in [0.717, 1.165) is 31.4 Å². The first-order valence-corrected chi connectivity index (χ1v) is 10.9. The fraction of sp³-hybridized carbons (Fsp3) is 0.545. The molecule has 1 aromatic heterocycles. The molecule has 0 unspecified atom stereocenters. The molecule has 9 heteroatoms. The van der Waals surface area contributed by atoms with E-state index in [1.165, 1.54) is 9.25 Å². The van der Waals surface area contributed by atoms with Gasteiger partial charge in [-0.25, -0.2) is 9.48 Å². The minimum absolute atomic E-state index is 0.108. The van der Waals surface area contributed by atoms with Crippen LogP contribution in [0.15, 0.2) is 29.1 Å². The van der Waals surface area contributed by atoms with Gasteiger partial charge in [-0.15, -0.1) is 0 Å². The van der Waals surface area contributed by atoms with Gasteiger partial charge in [0.2, 0.25) is 11.8 Å². The third-order valence-electron chi connectivity index (χ3n) is 5.92. The summed E-state index contributed by atoms with van der Waals surface area (Å²) in [5.41, 5.74) is 0.318. The molecule has 2 aliphatic rings. The first-order chi connectivity index (χ1) is 15.0. The van der Waals surface area contributed by atoms with E-state index in [2.05, 4.69) is 10.4 Å². The van der Waals surface area contributed by atoms with Crippen molar-refractivity contribution in [2.24, 2.45) is 13.0 Å². The number of amides is 2. The Bertz CT molecular complexity index is 998. The van der Waals surface area contributed by atoms with E-state index in [1.54, 1.807) is 31.3 Å². The lowest BCUT2D eigenvalue weighted by Crippen LogP contribution is -2.39. The molecule has 0 atom stereocenters. The monoisotopic (exact) mass is 427 g/mol. The highest BCUT2D eigenvalue weighted by molar-refractivity contribution is 5.90. The number of aromatic nitrogens is 3. The lowest BCUT2D eigenvalue weighted by atomic mass is 9.95. The van der Waals surface area contributed by atoms with Gasteiger partial charge in [-0.1, -0.05) is 0 Å². The first kappa shape index (κ1) is 21.1. The van der Waals surface area contributed by atoms with Crippen LogP contribution in [0.5, 0.6) is 5.75 Å². The SMILES string of the molecule is CCOc1ccc(NC(=O)Cn2nc(C3CCN(C(=O)C4CC4)CC3)n(C)c2=O)cc1. The fourth-order valence-electron chi connectivity index (χ4n) is 4.05. The van der Waals surface area contributed by atoms with E-state index in [-0.39, 0.29) is 35.9 Å². The molecule has 1 aliphatic heterocycles. The topological polar surface area (TPSA) is 98.5 Å². The number of piperidine rings is 1. The predicted octanol–water partition coefficient (Wildman–Crippen LogP) is 1.74. The number of carbonyl (C=O) groups excluding carboxylic acids is 2. The molecule has 1 saturated heterocycles. The van der Waals surface area contributed by atoms with Crippen LogP contribution in [0.2, 0.25) is 0 Å². The first-order valence-electron chi connectivity index (χ1n) is 10.9. The van der Waals surface area contributed by atoms with E-state index in [9.17, 15) is 14.4 Å². The molecular weight excluding hydrogens is 398 g/mol. The van der Waals surface area contributed by atoms with E-state index < -0.39 is 0 Å². The maximum absolute atomic E-state index is 12.6. The van der Waals surface area contributed by atoms with Gasteiger partial charge in [0.05, 0.1) is 6.61 Å². The van der Waals surface area contributed by atoms with Crippen molar-refractivity contribution in [1.82, 2.24) is 19.2 Å². The summed E-state index contributed by atoms with van der Waals surface area (Å²) in [7, 11) is 1.69. The second kappa shape index (κ2) is 8.95. The molecular formula is C22H29N5O4. The van der Waals surface area contributed by atoms with Crippen LogP contribution in [0.1, 0.15) is 44.3 Å². The zero-order valence-electron chi connectivity index (χ0n) is 18.0. The third-order valence-corrected chi connectivity index (χ3v) is 5.92. The Kier molecular flexibility index (Phi) is 6.11. The Balaban J connectivity index is 1.36. The second-order valence-electron chi connectivity index (χ2n) is 8.24.